The number of rotatable bonds is 3. The zero-order valence-corrected chi connectivity index (χ0v) is 24.8. The van der Waals surface area contributed by atoms with E-state index in [1.807, 2.05) is 0 Å². The zero-order chi connectivity index (χ0) is 31.5. The van der Waals surface area contributed by atoms with Crippen LogP contribution in [0.2, 0.25) is 0 Å². The highest BCUT2D eigenvalue weighted by Crippen LogP contribution is 2.67. The van der Waals surface area contributed by atoms with Crippen LogP contribution in [0.1, 0.15) is 100 Å². The summed E-state index contributed by atoms with van der Waals surface area (Å²) in [4.78, 5) is 81.3. The highest BCUT2D eigenvalue weighted by atomic mass is 16.4. The molecule has 4 rings (SSSR count). The first kappa shape index (κ1) is 30.7. The van der Waals surface area contributed by atoms with Crippen molar-refractivity contribution in [1.82, 2.24) is 0 Å². The Hall–Kier alpha value is -3.24. The summed E-state index contributed by atoms with van der Waals surface area (Å²) in [5, 5.41) is 45.9. The molecule has 0 aromatic heterocycles. The van der Waals surface area contributed by atoms with E-state index in [4.69, 9.17) is 0 Å². The first-order valence-corrected chi connectivity index (χ1v) is 13.8. The quantitative estimate of drug-likeness (QED) is 0.394. The highest BCUT2D eigenvalue weighted by molar-refractivity contribution is 6.33. The average molecular weight is 571 g/mol. The normalized spacial score (nSPS) is 37.0. The number of aliphatic hydroxyl groups excluding tert-OH is 1. The molecule has 4 N–H and O–H groups in total. The second kappa shape index (κ2) is 8.88. The number of benzene rings is 1. The lowest BCUT2D eigenvalue weighted by Gasteiger charge is -2.65. The van der Waals surface area contributed by atoms with E-state index in [0.29, 0.717) is 0 Å². The molecule has 1 aromatic rings. The largest absolute Gasteiger partial charge is 0.507 e. The molecule has 1 aromatic carbocycles. The number of Topliss-reactive ketones (excluding diaryl/α,β-unsaturated/α-hetero) is 5. The summed E-state index contributed by atoms with van der Waals surface area (Å²) in [6, 6.07) is 1.28. The predicted octanol–water partition coefficient (Wildman–Crippen LogP) is 2.62. The number of carbonyl (C=O) groups excluding carboxylic acids is 5. The Bertz CT molecular complexity index is 1450. The third kappa shape index (κ3) is 3.43. The van der Waals surface area contributed by atoms with Gasteiger partial charge < -0.3 is 20.4 Å². The molecule has 10 heteroatoms. The van der Waals surface area contributed by atoms with Crippen LogP contribution in [-0.2, 0) is 24.6 Å². The molecular formula is C31H38O10. The van der Waals surface area contributed by atoms with Crippen LogP contribution in [0.4, 0.5) is 0 Å². The fourth-order valence-electron chi connectivity index (χ4n) is 8.24. The van der Waals surface area contributed by atoms with Crippen molar-refractivity contribution in [2.24, 2.45) is 34.5 Å². The molecule has 3 unspecified atom stereocenters. The Morgan fingerprint density at radius 1 is 1.02 bits per heavy atom. The summed E-state index contributed by atoms with van der Waals surface area (Å²) >= 11 is 0. The number of hydrogen-bond donors (Lipinski definition) is 4. The number of aromatic hydroxyl groups is 1. The van der Waals surface area contributed by atoms with Gasteiger partial charge in [0.25, 0.3) is 0 Å². The molecule has 222 valence electrons. The van der Waals surface area contributed by atoms with Crippen LogP contribution >= 0.6 is 0 Å². The molecule has 0 spiro atoms. The minimum atomic E-state index is -3.09. The number of aromatic carboxylic acids is 1. The Kier molecular flexibility index (Phi) is 6.65. The van der Waals surface area contributed by atoms with E-state index in [9.17, 15) is 49.2 Å². The van der Waals surface area contributed by atoms with E-state index >= 15 is 0 Å². The summed E-state index contributed by atoms with van der Waals surface area (Å²) in [6.45, 7) is 13.5. The minimum Gasteiger partial charge on any atom is -0.507 e. The Balaban J connectivity index is 2.14. The standard InChI is InChI=1S/C31H38O10/c1-11(2)19-22(34)17(13(4)32)24(36)31(41)25(37)20-23(35)18-16(12(3)29(20,8)27(40)30(19,31)9)14(26(38)39)10-15(21(18)33)28(5,6)7/h10-12,17,19-20,27,33,40-41H,1-9H3,(H,38,39)/t12-,17?,19?,20?,27-,29+,30+,31+/m1/s1. The Morgan fingerprint density at radius 2 is 1.56 bits per heavy atom. The van der Waals surface area contributed by atoms with Crippen LogP contribution in [0.3, 0.4) is 0 Å². The first-order valence-electron chi connectivity index (χ1n) is 13.8. The van der Waals surface area contributed by atoms with Crippen molar-refractivity contribution >= 4 is 34.9 Å². The minimum absolute atomic E-state index is 0.0798. The zero-order valence-electron chi connectivity index (χ0n) is 24.8. The van der Waals surface area contributed by atoms with Crippen molar-refractivity contribution in [3.8, 4) is 5.75 Å². The van der Waals surface area contributed by atoms with E-state index < -0.39 is 104 Å². The van der Waals surface area contributed by atoms with Gasteiger partial charge in [-0.2, -0.15) is 0 Å². The van der Waals surface area contributed by atoms with Gasteiger partial charge in [0.05, 0.1) is 23.1 Å². The van der Waals surface area contributed by atoms with Crippen LogP contribution in [0.15, 0.2) is 6.07 Å². The second-order valence-electron chi connectivity index (χ2n) is 13.8. The van der Waals surface area contributed by atoms with Crippen LogP contribution in [0.5, 0.6) is 5.75 Å². The van der Waals surface area contributed by atoms with Gasteiger partial charge in [-0.05, 0) is 35.8 Å². The van der Waals surface area contributed by atoms with E-state index in [2.05, 4.69) is 0 Å². The van der Waals surface area contributed by atoms with Gasteiger partial charge in [0, 0.05) is 22.3 Å². The SMILES string of the molecule is CC(=O)C1C(=O)C(C(C)C)[C@@]2(C)[C@H](O)[C@]3(C)C(C(=O)c4c(O)c(C(C)(C)C)cc(C(=O)O)c4[C@H]3C)C(=O)[C@@]2(O)C1=O. The fourth-order valence-corrected chi connectivity index (χ4v) is 8.24. The summed E-state index contributed by atoms with van der Waals surface area (Å²) < 4.78 is 0. The summed E-state index contributed by atoms with van der Waals surface area (Å²) in [5.41, 5.74) is -8.52. The molecule has 0 bridgehead atoms. The predicted molar refractivity (Wildman–Crippen MR) is 145 cm³/mol. The van der Waals surface area contributed by atoms with Crippen LogP contribution < -0.4 is 0 Å². The summed E-state index contributed by atoms with van der Waals surface area (Å²) in [7, 11) is 0. The number of carbonyl (C=O) groups is 6. The fraction of sp³-hybridized carbons (Fsp3) is 0.613. The first-order chi connectivity index (χ1) is 18.5. The Labute approximate surface area is 238 Å². The van der Waals surface area contributed by atoms with Gasteiger partial charge in [-0.15, -0.1) is 0 Å². The van der Waals surface area contributed by atoms with Crippen LogP contribution in [-0.4, -0.2) is 67.0 Å². The van der Waals surface area contributed by atoms with E-state index in [1.54, 1.807) is 34.6 Å². The summed E-state index contributed by atoms with van der Waals surface area (Å²) in [5.74, 6) is -14.2. The molecule has 41 heavy (non-hydrogen) atoms. The van der Waals surface area contributed by atoms with Gasteiger partial charge in [0.2, 0.25) is 0 Å². The number of aliphatic hydroxyl groups is 2. The molecule has 8 atom stereocenters. The molecule has 3 aliphatic rings. The van der Waals surface area contributed by atoms with Crippen LogP contribution in [0.25, 0.3) is 0 Å². The number of ketones is 5. The molecule has 2 fully saturated rings. The third-order valence-corrected chi connectivity index (χ3v) is 10.4. The van der Waals surface area contributed by atoms with Gasteiger partial charge in [-0.25, -0.2) is 4.79 Å². The molecule has 10 nitrogen and oxygen atoms in total. The maximum atomic E-state index is 14.5. The molecule has 0 aliphatic heterocycles. The topological polar surface area (TPSA) is 183 Å². The van der Waals surface area contributed by atoms with Gasteiger partial charge >= 0.3 is 5.97 Å². The lowest BCUT2D eigenvalue weighted by Crippen LogP contribution is -2.82. The molecule has 0 amide bonds. The van der Waals surface area contributed by atoms with Gasteiger partial charge in [0.1, 0.15) is 17.5 Å². The molecule has 0 saturated heterocycles. The Morgan fingerprint density at radius 3 is 2.00 bits per heavy atom. The lowest BCUT2D eigenvalue weighted by atomic mass is 9.37. The summed E-state index contributed by atoms with van der Waals surface area (Å²) in [6.07, 6.45) is -1.87. The number of phenolic OH excluding ortho intramolecular Hbond substituents is 1. The second-order valence-corrected chi connectivity index (χ2v) is 13.8. The van der Waals surface area contributed by atoms with Gasteiger partial charge in [-0.1, -0.05) is 55.4 Å². The van der Waals surface area contributed by atoms with Crippen molar-refractivity contribution in [3.05, 3.63) is 28.3 Å². The number of carboxylic acids is 1. The highest BCUT2D eigenvalue weighted by Gasteiger charge is 2.80. The smallest absolute Gasteiger partial charge is 0.336 e. The average Bonchev–Trinajstić information content (AvgIpc) is 2.82. The van der Waals surface area contributed by atoms with Crippen molar-refractivity contribution in [3.63, 3.8) is 0 Å². The third-order valence-electron chi connectivity index (χ3n) is 10.4. The number of carboxylic acid groups (broad SMARTS) is 1. The van der Waals surface area contributed by atoms with Crippen molar-refractivity contribution in [2.45, 2.75) is 85.4 Å². The number of hydrogen-bond acceptors (Lipinski definition) is 9. The van der Waals surface area contributed by atoms with Crippen molar-refractivity contribution < 1.29 is 49.2 Å². The maximum absolute atomic E-state index is 14.5. The monoisotopic (exact) mass is 570 g/mol. The van der Waals surface area contributed by atoms with Crippen molar-refractivity contribution in [2.75, 3.05) is 0 Å². The van der Waals surface area contributed by atoms with Crippen LogP contribution in [0, 0.1) is 34.5 Å². The number of fused-ring (bicyclic) bond motifs is 3. The molecule has 0 radical (unpaired) electrons. The van der Waals surface area contributed by atoms with Gasteiger partial charge in [-0.3, -0.25) is 24.0 Å². The van der Waals surface area contributed by atoms with Gasteiger partial charge in [0.15, 0.2) is 28.7 Å². The maximum Gasteiger partial charge on any atom is 0.336 e. The molecular weight excluding hydrogens is 532 g/mol. The van der Waals surface area contributed by atoms with E-state index in [0.717, 1.165) is 6.92 Å². The molecule has 0 heterocycles. The van der Waals surface area contributed by atoms with E-state index in [1.165, 1.54) is 26.8 Å². The van der Waals surface area contributed by atoms with E-state index in [-0.39, 0.29) is 16.7 Å². The molecule has 2 saturated carbocycles. The molecule has 3 aliphatic carbocycles. The van der Waals surface area contributed by atoms with Crippen molar-refractivity contribution in [1.29, 1.82) is 0 Å². The number of phenols is 1. The lowest BCUT2D eigenvalue weighted by molar-refractivity contribution is -0.240.